The second-order valence-electron chi connectivity index (χ2n) is 5.36. The zero-order valence-electron chi connectivity index (χ0n) is 13.1. The Morgan fingerprint density at radius 2 is 2.14 bits per heavy atom. The summed E-state index contributed by atoms with van der Waals surface area (Å²) in [4.78, 5) is 17.8. The summed E-state index contributed by atoms with van der Waals surface area (Å²) in [5.74, 6) is 1.82. The second kappa shape index (κ2) is 7.84. The molecular weight excluding hydrogens is 284 g/mol. The maximum absolute atomic E-state index is 11.9. The molecule has 1 atom stereocenters. The summed E-state index contributed by atoms with van der Waals surface area (Å²) < 4.78 is 5.37. The number of nitrogens with one attached hydrogen (secondary N) is 2. The number of amides is 1. The number of aliphatic hydroxyl groups excluding tert-OH is 1. The van der Waals surface area contributed by atoms with Crippen LogP contribution in [0, 0.1) is 6.92 Å². The van der Waals surface area contributed by atoms with E-state index in [1.165, 1.54) is 0 Å². The standard InChI is InChI=1S/C15H24N4O3/c1-11-5-6-13(22-11)12(20)9-17-15(16-2)18-10-14(21)19-7-3-4-8-19/h5-6,12,20H,3-4,7-10H2,1-2H3,(H2,16,17,18). The van der Waals surface area contributed by atoms with Crippen molar-refractivity contribution < 1.29 is 14.3 Å². The Kier molecular flexibility index (Phi) is 5.83. The van der Waals surface area contributed by atoms with Crippen molar-refractivity contribution in [3.8, 4) is 0 Å². The van der Waals surface area contributed by atoms with Gasteiger partial charge >= 0.3 is 0 Å². The quantitative estimate of drug-likeness (QED) is 0.541. The molecule has 0 bridgehead atoms. The Hall–Kier alpha value is -2.02. The van der Waals surface area contributed by atoms with Gasteiger partial charge in [0.15, 0.2) is 5.96 Å². The summed E-state index contributed by atoms with van der Waals surface area (Å²) >= 11 is 0. The van der Waals surface area contributed by atoms with Gasteiger partial charge in [-0.25, -0.2) is 0 Å². The largest absolute Gasteiger partial charge is 0.464 e. The predicted molar refractivity (Wildman–Crippen MR) is 83.6 cm³/mol. The lowest BCUT2D eigenvalue weighted by Crippen LogP contribution is -2.44. The van der Waals surface area contributed by atoms with Crippen molar-refractivity contribution in [1.82, 2.24) is 15.5 Å². The summed E-state index contributed by atoms with van der Waals surface area (Å²) in [6, 6.07) is 3.55. The van der Waals surface area contributed by atoms with Crippen LogP contribution in [0.1, 0.15) is 30.5 Å². The first-order valence-corrected chi connectivity index (χ1v) is 7.57. The molecule has 1 aliphatic heterocycles. The summed E-state index contributed by atoms with van der Waals surface area (Å²) in [6.07, 6.45) is 1.39. The third kappa shape index (κ3) is 4.49. The van der Waals surface area contributed by atoms with Gasteiger partial charge in [0.2, 0.25) is 5.91 Å². The Bertz CT molecular complexity index is 521. The SMILES string of the molecule is CN=C(NCC(=O)N1CCCC1)NCC(O)c1ccc(C)o1. The number of aliphatic imine (C=N–C) groups is 1. The van der Waals surface area contributed by atoms with Gasteiger partial charge in [0.05, 0.1) is 13.1 Å². The minimum absolute atomic E-state index is 0.0719. The predicted octanol–water partition coefficient (Wildman–Crippen LogP) is 0.409. The molecule has 7 heteroatoms. The fraction of sp³-hybridized carbons (Fsp3) is 0.600. The van der Waals surface area contributed by atoms with Crippen molar-refractivity contribution in [3.05, 3.63) is 23.7 Å². The highest BCUT2D eigenvalue weighted by molar-refractivity contribution is 5.86. The van der Waals surface area contributed by atoms with E-state index in [0.29, 0.717) is 11.7 Å². The van der Waals surface area contributed by atoms with E-state index >= 15 is 0 Å². The molecule has 1 aromatic rings. The highest BCUT2D eigenvalue weighted by atomic mass is 16.4. The van der Waals surface area contributed by atoms with Crippen LogP contribution in [-0.2, 0) is 4.79 Å². The van der Waals surface area contributed by atoms with E-state index in [1.54, 1.807) is 19.2 Å². The van der Waals surface area contributed by atoms with Gasteiger partial charge in [-0.05, 0) is 31.9 Å². The lowest BCUT2D eigenvalue weighted by Gasteiger charge is -2.18. The van der Waals surface area contributed by atoms with E-state index < -0.39 is 6.10 Å². The molecule has 7 nitrogen and oxygen atoms in total. The third-order valence-electron chi connectivity index (χ3n) is 3.64. The number of likely N-dealkylation sites (tertiary alicyclic amines) is 1. The Balaban J connectivity index is 1.74. The number of hydrogen-bond donors (Lipinski definition) is 3. The minimum atomic E-state index is -0.762. The molecule has 2 rings (SSSR count). The number of aliphatic hydroxyl groups is 1. The molecule has 1 saturated heterocycles. The van der Waals surface area contributed by atoms with Crippen LogP contribution in [0.5, 0.6) is 0 Å². The van der Waals surface area contributed by atoms with Crippen molar-refractivity contribution in [2.24, 2.45) is 4.99 Å². The molecule has 0 aromatic carbocycles. The Labute approximate surface area is 130 Å². The smallest absolute Gasteiger partial charge is 0.241 e. The molecule has 0 aliphatic carbocycles. The average molecular weight is 308 g/mol. The van der Waals surface area contributed by atoms with E-state index in [4.69, 9.17) is 4.42 Å². The molecule has 1 aromatic heterocycles. The molecule has 1 aliphatic rings. The zero-order valence-corrected chi connectivity index (χ0v) is 13.1. The van der Waals surface area contributed by atoms with Crippen LogP contribution >= 0.6 is 0 Å². The third-order valence-corrected chi connectivity index (χ3v) is 3.64. The van der Waals surface area contributed by atoms with Crippen LogP contribution in [0.15, 0.2) is 21.5 Å². The maximum Gasteiger partial charge on any atom is 0.241 e. The number of carbonyl (C=O) groups is 1. The van der Waals surface area contributed by atoms with Crippen LogP contribution in [0.3, 0.4) is 0 Å². The van der Waals surface area contributed by atoms with Crippen LogP contribution in [0.25, 0.3) is 0 Å². The van der Waals surface area contributed by atoms with Crippen LogP contribution < -0.4 is 10.6 Å². The fourth-order valence-electron chi connectivity index (χ4n) is 2.38. The number of nitrogens with zero attached hydrogens (tertiary/aromatic N) is 2. The molecule has 3 N–H and O–H groups in total. The van der Waals surface area contributed by atoms with Gasteiger partial charge in [-0.3, -0.25) is 9.79 Å². The first kappa shape index (κ1) is 16.4. The molecule has 1 unspecified atom stereocenters. The summed E-state index contributed by atoms with van der Waals surface area (Å²) in [5.41, 5.74) is 0. The molecule has 22 heavy (non-hydrogen) atoms. The van der Waals surface area contributed by atoms with Gasteiger partial charge in [0.25, 0.3) is 0 Å². The van der Waals surface area contributed by atoms with Gasteiger partial charge in [-0.2, -0.15) is 0 Å². The summed E-state index contributed by atoms with van der Waals surface area (Å²) in [5, 5.41) is 16.0. The lowest BCUT2D eigenvalue weighted by molar-refractivity contribution is -0.128. The van der Waals surface area contributed by atoms with Gasteiger partial charge in [0, 0.05) is 20.1 Å². The van der Waals surface area contributed by atoms with Crippen molar-refractivity contribution in [1.29, 1.82) is 0 Å². The minimum Gasteiger partial charge on any atom is -0.464 e. The number of rotatable bonds is 5. The molecule has 1 fully saturated rings. The van der Waals surface area contributed by atoms with Gasteiger partial charge < -0.3 is 25.1 Å². The average Bonchev–Trinajstić information content (AvgIpc) is 3.18. The van der Waals surface area contributed by atoms with E-state index in [-0.39, 0.29) is 19.0 Å². The molecule has 0 saturated carbocycles. The second-order valence-corrected chi connectivity index (χ2v) is 5.36. The van der Waals surface area contributed by atoms with Crippen molar-refractivity contribution in [3.63, 3.8) is 0 Å². The molecule has 0 radical (unpaired) electrons. The fourth-order valence-corrected chi connectivity index (χ4v) is 2.38. The number of carbonyl (C=O) groups excluding carboxylic acids is 1. The summed E-state index contributed by atoms with van der Waals surface area (Å²) in [7, 11) is 1.62. The van der Waals surface area contributed by atoms with Crippen molar-refractivity contribution in [2.45, 2.75) is 25.9 Å². The Morgan fingerprint density at radius 3 is 2.73 bits per heavy atom. The first-order chi connectivity index (χ1) is 10.6. The Morgan fingerprint density at radius 1 is 1.41 bits per heavy atom. The lowest BCUT2D eigenvalue weighted by atomic mass is 10.3. The highest BCUT2D eigenvalue weighted by Gasteiger charge is 2.18. The molecule has 1 amide bonds. The first-order valence-electron chi connectivity index (χ1n) is 7.57. The van der Waals surface area contributed by atoms with Crippen LogP contribution in [-0.4, -0.2) is 55.1 Å². The van der Waals surface area contributed by atoms with Crippen LogP contribution in [0.2, 0.25) is 0 Å². The topological polar surface area (TPSA) is 90.1 Å². The number of hydrogen-bond acceptors (Lipinski definition) is 4. The molecule has 0 spiro atoms. The summed E-state index contributed by atoms with van der Waals surface area (Å²) in [6.45, 7) is 3.96. The normalized spacial score (nSPS) is 16.7. The zero-order chi connectivity index (χ0) is 15.9. The monoisotopic (exact) mass is 308 g/mol. The van der Waals surface area contributed by atoms with E-state index in [0.717, 1.165) is 31.7 Å². The number of guanidine groups is 1. The van der Waals surface area contributed by atoms with Gasteiger partial charge in [-0.15, -0.1) is 0 Å². The van der Waals surface area contributed by atoms with Gasteiger partial charge in [-0.1, -0.05) is 0 Å². The highest BCUT2D eigenvalue weighted by Crippen LogP contribution is 2.14. The number of aryl methyl sites for hydroxylation is 1. The van der Waals surface area contributed by atoms with Crippen molar-refractivity contribution in [2.75, 3.05) is 33.2 Å². The van der Waals surface area contributed by atoms with Crippen molar-refractivity contribution >= 4 is 11.9 Å². The molecule has 122 valence electrons. The number of furan rings is 1. The molecular formula is C15H24N4O3. The van der Waals surface area contributed by atoms with Gasteiger partial charge in [0.1, 0.15) is 17.6 Å². The van der Waals surface area contributed by atoms with E-state index in [1.807, 2.05) is 11.8 Å². The molecule has 2 heterocycles. The van der Waals surface area contributed by atoms with E-state index in [2.05, 4.69) is 15.6 Å². The maximum atomic E-state index is 11.9. The van der Waals surface area contributed by atoms with E-state index in [9.17, 15) is 9.90 Å². The van der Waals surface area contributed by atoms with Crippen LogP contribution in [0.4, 0.5) is 0 Å².